The summed E-state index contributed by atoms with van der Waals surface area (Å²) in [7, 11) is 0. The molecule has 1 aromatic rings. The molecule has 94 valence electrons. The Kier molecular flexibility index (Phi) is 6.78. The number of aryl methyl sites for hydroxylation is 1. The van der Waals surface area contributed by atoms with Crippen molar-refractivity contribution in [3.8, 4) is 0 Å². The molecule has 0 aromatic carbocycles. The molecule has 1 atom stereocenters. The molecule has 0 fully saturated rings. The van der Waals surface area contributed by atoms with E-state index in [1.54, 1.807) is 6.26 Å². The molecule has 1 rings (SSSR count). The number of aldehydes is 1. The van der Waals surface area contributed by atoms with Crippen molar-refractivity contribution in [3.05, 3.63) is 30.2 Å². The maximum Gasteiger partial charge on any atom is 0.123 e. The summed E-state index contributed by atoms with van der Waals surface area (Å²) < 4.78 is 5.29. The number of rotatable bonds is 8. The van der Waals surface area contributed by atoms with Gasteiger partial charge in [-0.25, -0.2) is 0 Å². The highest BCUT2D eigenvalue weighted by molar-refractivity contribution is 8.00. The number of allylic oxidation sites excluding steroid dienone is 1. The van der Waals surface area contributed by atoms with Crippen molar-refractivity contribution in [1.82, 2.24) is 0 Å². The lowest BCUT2D eigenvalue weighted by Crippen LogP contribution is -1.98. The maximum atomic E-state index is 10.3. The highest BCUT2D eigenvalue weighted by atomic mass is 32.2. The molecule has 0 saturated carbocycles. The summed E-state index contributed by atoms with van der Waals surface area (Å²) in [6, 6.07) is 2.01. The number of thioether (sulfide) groups is 1. The van der Waals surface area contributed by atoms with E-state index in [2.05, 4.69) is 13.0 Å². The fourth-order valence-electron chi connectivity index (χ4n) is 1.54. The molecule has 0 amide bonds. The minimum absolute atomic E-state index is 0.436. The number of carbonyl (C=O) groups is 1. The van der Waals surface area contributed by atoms with Crippen LogP contribution in [-0.2, 0) is 4.79 Å². The van der Waals surface area contributed by atoms with Gasteiger partial charge in [-0.3, -0.25) is 0 Å². The Hall–Kier alpha value is -0.960. The van der Waals surface area contributed by atoms with Crippen LogP contribution in [0, 0.1) is 6.92 Å². The average Bonchev–Trinajstić information content (AvgIpc) is 2.72. The van der Waals surface area contributed by atoms with Gasteiger partial charge < -0.3 is 9.21 Å². The lowest BCUT2D eigenvalue weighted by Gasteiger charge is -2.11. The van der Waals surface area contributed by atoms with Gasteiger partial charge >= 0.3 is 0 Å². The highest BCUT2D eigenvalue weighted by Crippen LogP contribution is 2.30. The fourth-order valence-corrected chi connectivity index (χ4v) is 2.69. The molecule has 0 aliphatic rings. The second-order valence-corrected chi connectivity index (χ2v) is 5.25. The third-order valence-electron chi connectivity index (χ3n) is 2.51. The number of hydrogen-bond acceptors (Lipinski definition) is 3. The van der Waals surface area contributed by atoms with E-state index in [0.29, 0.717) is 11.7 Å². The van der Waals surface area contributed by atoms with Crippen LogP contribution in [0.25, 0.3) is 0 Å². The molecule has 1 unspecified atom stereocenters. The van der Waals surface area contributed by atoms with Crippen molar-refractivity contribution in [2.24, 2.45) is 0 Å². The zero-order valence-corrected chi connectivity index (χ0v) is 11.3. The quantitative estimate of drug-likeness (QED) is 0.390. The largest absolute Gasteiger partial charge is 0.468 e. The van der Waals surface area contributed by atoms with E-state index in [9.17, 15) is 4.79 Å². The normalized spacial score (nSPS) is 13.1. The molecule has 2 nitrogen and oxygen atoms in total. The first-order valence-corrected chi connectivity index (χ1v) is 6.97. The first-order valence-electron chi connectivity index (χ1n) is 6.09. The summed E-state index contributed by atoms with van der Waals surface area (Å²) in [6.07, 6.45) is 10.8. The average molecular weight is 252 g/mol. The fraction of sp³-hybridized carbons (Fsp3) is 0.500. The van der Waals surface area contributed by atoms with Gasteiger partial charge in [0.25, 0.3) is 0 Å². The van der Waals surface area contributed by atoms with Crippen molar-refractivity contribution in [2.45, 2.75) is 49.7 Å². The Labute approximate surface area is 107 Å². The van der Waals surface area contributed by atoms with Gasteiger partial charge in [0, 0.05) is 16.6 Å². The lowest BCUT2D eigenvalue weighted by molar-refractivity contribution is -0.107. The summed E-state index contributed by atoms with van der Waals surface area (Å²) in [5.41, 5.74) is 0. The SMILES string of the molecule is CCCCC(/C=C/CC=O)Sc1ccoc1C. The van der Waals surface area contributed by atoms with E-state index in [1.165, 1.54) is 17.7 Å². The second-order valence-electron chi connectivity index (χ2n) is 3.97. The van der Waals surface area contributed by atoms with Gasteiger partial charge in [0.15, 0.2) is 0 Å². The van der Waals surface area contributed by atoms with Crippen LogP contribution in [0.2, 0.25) is 0 Å². The monoisotopic (exact) mass is 252 g/mol. The summed E-state index contributed by atoms with van der Waals surface area (Å²) in [5.74, 6) is 0.972. The Morgan fingerprint density at radius 1 is 1.53 bits per heavy atom. The van der Waals surface area contributed by atoms with E-state index in [1.807, 2.05) is 30.8 Å². The van der Waals surface area contributed by atoms with Crippen LogP contribution in [0.1, 0.15) is 38.4 Å². The first-order chi connectivity index (χ1) is 8.27. The molecule has 3 heteroatoms. The predicted molar refractivity (Wildman–Crippen MR) is 72.4 cm³/mol. The van der Waals surface area contributed by atoms with E-state index in [4.69, 9.17) is 4.42 Å². The minimum Gasteiger partial charge on any atom is -0.468 e. The summed E-state index contributed by atoms with van der Waals surface area (Å²) in [6.45, 7) is 4.17. The van der Waals surface area contributed by atoms with Crippen LogP contribution in [0.4, 0.5) is 0 Å². The number of unbranched alkanes of at least 4 members (excludes halogenated alkanes) is 1. The molecule has 0 aliphatic carbocycles. The van der Waals surface area contributed by atoms with Crippen LogP contribution in [0.3, 0.4) is 0 Å². The molecule has 0 saturated heterocycles. The topological polar surface area (TPSA) is 30.2 Å². The molecular weight excluding hydrogens is 232 g/mol. The van der Waals surface area contributed by atoms with Gasteiger partial charge in [-0.05, 0) is 19.4 Å². The van der Waals surface area contributed by atoms with Crippen LogP contribution in [0.15, 0.2) is 33.8 Å². The van der Waals surface area contributed by atoms with Gasteiger partial charge in [0.1, 0.15) is 12.0 Å². The lowest BCUT2D eigenvalue weighted by atomic mass is 10.2. The molecule has 0 N–H and O–H groups in total. The van der Waals surface area contributed by atoms with Gasteiger partial charge in [0.2, 0.25) is 0 Å². The number of furan rings is 1. The molecule has 0 aliphatic heterocycles. The van der Waals surface area contributed by atoms with Crippen LogP contribution in [-0.4, -0.2) is 11.5 Å². The Balaban J connectivity index is 2.56. The van der Waals surface area contributed by atoms with E-state index >= 15 is 0 Å². The van der Waals surface area contributed by atoms with Crippen LogP contribution < -0.4 is 0 Å². The van der Waals surface area contributed by atoms with Crippen LogP contribution in [0.5, 0.6) is 0 Å². The predicted octanol–water partition coefficient (Wildman–Crippen LogP) is 4.38. The Morgan fingerprint density at radius 3 is 2.94 bits per heavy atom. The highest BCUT2D eigenvalue weighted by Gasteiger charge is 2.09. The van der Waals surface area contributed by atoms with Gasteiger partial charge in [-0.2, -0.15) is 0 Å². The van der Waals surface area contributed by atoms with Crippen LogP contribution >= 0.6 is 11.8 Å². The molecule has 1 heterocycles. The minimum atomic E-state index is 0.436. The van der Waals surface area contributed by atoms with Crippen molar-refractivity contribution < 1.29 is 9.21 Å². The summed E-state index contributed by atoms with van der Waals surface area (Å²) >= 11 is 1.82. The maximum absolute atomic E-state index is 10.3. The number of carbonyl (C=O) groups excluding carboxylic acids is 1. The summed E-state index contributed by atoms with van der Waals surface area (Å²) in [4.78, 5) is 11.5. The standard InChI is InChI=1S/C14H20O2S/c1-3-4-7-13(8-5-6-10-15)17-14-9-11-16-12(14)2/h5,8-11,13H,3-4,6-7H2,1-2H3/b8-5+. The molecule has 0 bridgehead atoms. The van der Waals surface area contributed by atoms with Crippen molar-refractivity contribution in [1.29, 1.82) is 0 Å². The van der Waals surface area contributed by atoms with E-state index in [0.717, 1.165) is 18.5 Å². The van der Waals surface area contributed by atoms with Gasteiger partial charge in [-0.1, -0.05) is 31.9 Å². The molecule has 17 heavy (non-hydrogen) atoms. The third-order valence-corrected chi connectivity index (χ3v) is 3.89. The first kappa shape index (κ1) is 14.1. The number of hydrogen-bond donors (Lipinski definition) is 0. The molecule has 0 spiro atoms. The van der Waals surface area contributed by atoms with Gasteiger partial charge in [-0.15, -0.1) is 11.8 Å². The van der Waals surface area contributed by atoms with Gasteiger partial charge in [0.05, 0.1) is 6.26 Å². The molecule has 1 aromatic heterocycles. The molecular formula is C14H20O2S. The van der Waals surface area contributed by atoms with Crippen molar-refractivity contribution in [3.63, 3.8) is 0 Å². The Morgan fingerprint density at radius 2 is 2.35 bits per heavy atom. The zero-order valence-electron chi connectivity index (χ0n) is 10.5. The van der Waals surface area contributed by atoms with E-state index < -0.39 is 0 Å². The molecule has 0 radical (unpaired) electrons. The third kappa shape index (κ3) is 5.26. The van der Waals surface area contributed by atoms with Crippen molar-refractivity contribution >= 4 is 18.0 Å². The van der Waals surface area contributed by atoms with Crippen molar-refractivity contribution in [2.75, 3.05) is 0 Å². The zero-order chi connectivity index (χ0) is 12.5. The smallest absolute Gasteiger partial charge is 0.123 e. The Bertz CT molecular complexity index is 355. The van der Waals surface area contributed by atoms with E-state index in [-0.39, 0.29) is 0 Å². The second kappa shape index (κ2) is 8.18. The summed E-state index contributed by atoms with van der Waals surface area (Å²) in [5, 5.41) is 0.436.